The molecule has 1 aliphatic heterocycles. The monoisotopic (exact) mass is 456 g/mol. The standard InChI is InChI=1S/C26H20N2O2S2/c1-30-18-11-8-16(9-12-18)15-22-25(29)28-24(21-7-4-14-31-21)20-13-10-17-5-2-3-6-19(17)23(20)27-26(28)32-22/h2-9,11-12,14-15,24H,10,13H2,1H3. The van der Waals surface area contributed by atoms with E-state index in [2.05, 4.69) is 41.8 Å². The van der Waals surface area contributed by atoms with Crippen LogP contribution in [0.2, 0.25) is 0 Å². The van der Waals surface area contributed by atoms with Crippen LogP contribution in [-0.4, -0.2) is 11.7 Å². The Morgan fingerprint density at radius 2 is 1.91 bits per heavy atom. The molecular formula is C26H20N2O2S2. The molecule has 0 spiro atoms. The molecule has 32 heavy (non-hydrogen) atoms. The van der Waals surface area contributed by atoms with E-state index >= 15 is 0 Å². The van der Waals surface area contributed by atoms with E-state index in [4.69, 9.17) is 9.73 Å². The number of aryl methyl sites for hydroxylation is 1. The molecular weight excluding hydrogens is 436 g/mol. The minimum Gasteiger partial charge on any atom is -0.497 e. The summed E-state index contributed by atoms with van der Waals surface area (Å²) in [5, 5.41) is 2.08. The van der Waals surface area contributed by atoms with E-state index in [1.807, 2.05) is 34.9 Å². The minimum atomic E-state index is -0.0902. The van der Waals surface area contributed by atoms with Gasteiger partial charge in [0.1, 0.15) is 5.75 Å². The number of hydrogen-bond donors (Lipinski definition) is 0. The average Bonchev–Trinajstić information content (AvgIpc) is 3.47. The lowest BCUT2D eigenvalue weighted by atomic mass is 9.85. The minimum absolute atomic E-state index is 0.0216. The number of aromatic nitrogens is 1. The zero-order chi connectivity index (χ0) is 21.7. The summed E-state index contributed by atoms with van der Waals surface area (Å²) in [4.78, 5) is 20.6. The van der Waals surface area contributed by atoms with Crippen molar-refractivity contribution in [1.82, 2.24) is 4.57 Å². The van der Waals surface area contributed by atoms with Gasteiger partial charge >= 0.3 is 0 Å². The number of benzene rings is 2. The second-order valence-corrected chi connectivity index (χ2v) is 9.89. The topological polar surface area (TPSA) is 43.6 Å². The fraction of sp³-hybridized carbons (Fsp3) is 0.154. The van der Waals surface area contributed by atoms with Gasteiger partial charge in [-0.15, -0.1) is 11.3 Å². The molecule has 6 heteroatoms. The van der Waals surface area contributed by atoms with Gasteiger partial charge < -0.3 is 4.74 Å². The third-order valence-electron chi connectivity index (χ3n) is 6.10. The highest BCUT2D eigenvalue weighted by molar-refractivity contribution is 7.10. The normalized spacial score (nSPS) is 17.4. The maximum atomic E-state index is 13.6. The predicted octanol–water partition coefficient (Wildman–Crippen LogP) is 4.39. The summed E-state index contributed by atoms with van der Waals surface area (Å²) in [6.07, 6.45) is 3.84. The molecule has 158 valence electrons. The van der Waals surface area contributed by atoms with Gasteiger partial charge in [-0.1, -0.05) is 53.8 Å². The number of hydrogen-bond acceptors (Lipinski definition) is 5. The van der Waals surface area contributed by atoms with Crippen molar-refractivity contribution in [3.05, 3.63) is 113 Å². The molecule has 2 aliphatic rings. The summed E-state index contributed by atoms with van der Waals surface area (Å²) in [6, 6.07) is 20.4. The van der Waals surface area contributed by atoms with Crippen molar-refractivity contribution in [1.29, 1.82) is 0 Å². The van der Waals surface area contributed by atoms with Crippen molar-refractivity contribution in [3.8, 4) is 5.75 Å². The summed E-state index contributed by atoms with van der Waals surface area (Å²) in [7, 11) is 1.65. The molecule has 2 aromatic heterocycles. The number of methoxy groups -OCH3 is 1. The first kappa shape index (κ1) is 19.5. The van der Waals surface area contributed by atoms with Crippen LogP contribution in [0.5, 0.6) is 5.75 Å². The lowest BCUT2D eigenvalue weighted by Crippen LogP contribution is -2.38. The number of allylic oxidation sites excluding steroid dienone is 1. The van der Waals surface area contributed by atoms with Crippen molar-refractivity contribution < 1.29 is 4.74 Å². The Bertz CT molecular complexity index is 1520. The number of rotatable bonds is 3. The first-order valence-corrected chi connectivity index (χ1v) is 12.2. The number of thiophene rings is 1. The van der Waals surface area contributed by atoms with Crippen LogP contribution < -0.4 is 19.6 Å². The molecule has 0 bridgehead atoms. The molecule has 2 aromatic carbocycles. The van der Waals surface area contributed by atoms with Gasteiger partial charge in [-0.05, 0) is 59.2 Å². The summed E-state index contributed by atoms with van der Waals surface area (Å²) < 4.78 is 7.85. The second-order valence-electron chi connectivity index (χ2n) is 7.90. The number of ether oxygens (including phenoxy) is 1. The van der Waals surface area contributed by atoms with Crippen LogP contribution in [0, 0.1) is 0 Å². The molecule has 6 rings (SSSR count). The summed E-state index contributed by atoms with van der Waals surface area (Å²) >= 11 is 3.17. The highest BCUT2D eigenvalue weighted by atomic mass is 32.1. The molecule has 0 amide bonds. The van der Waals surface area contributed by atoms with Crippen LogP contribution in [0.4, 0.5) is 0 Å². The Balaban J connectivity index is 1.58. The van der Waals surface area contributed by atoms with Gasteiger partial charge in [-0.2, -0.15) is 0 Å². The molecule has 0 saturated heterocycles. The molecule has 4 aromatic rings. The number of thiazole rings is 1. The Kier molecular flexibility index (Phi) is 4.70. The number of fused-ring (bicyclic) bond motifs is 3. The van der Waals surface area contributed by atoms with Crippen LogP contribution >= 0.6 is 22.7 Å². The van der Waals surface area contributed by atoms with Crippen molar-refractivity contribution in [2.75, 3.05) is 7.11 Å². The average molecular weight is 457 g/mol. The van der Waals surface area contributed by atoms with Crippen LogP contribution in [0.3, 0.4) is 0 Å². The zero-order valence-corrected chi connectivity index (χ0v) is 19.1. The summed E-state index contributed by atoms with van der Waals surface area (Å²) in [5.41, 5.74) is 5.81. The van der Waals surface area contributed by atoms with E-state index in [0.29, 0.717) is 4.53 Å². The fourth-order valence-corrected chi connectivity index (χ4v) is 6.42. The van der Waals surface area contributed by atoms with Crippen molar-refractivity contribution in [2.24, 2.45) is 4.99 Å². The Morgan fingerprint density at radius 3 is 2.69 bits per heavy atom. The van der Waals surface area contributed by atoms with Crippen molar-refractivity contribution in [2.45, 2.75) is 18.9 Å². The first-order chi connectivity index (χ1) is 15.7. The predicted molar refractivity (Wildman–Crippen MR) is 130 cm³/mol. The summed E-state index contributed by atoms with van der Waals surface area (Å²) in [6.45, 7) is 0. The smallest absolute Gasteiger partial charge is 0.271 e. The molecule has 0 N–H and O–H groups in total. The Labute approximate surface area is 193 Å². The zero-order valence-electron chi connectivity index (χ0n) is 17.4. The maximum absolute atomic E-state index is 13.6. The highest BCUT2D eigenvalue weighted by Crippen LogP contribution is 2.42. The van der Waals surface area contributed by atoms with E-state index < -0.39 is 0 Å². The van der Waals surface area contributed by atoms with Crippen LogP contribution in [0.15, 0.2) is 81.4 Å². The second kappa shape index (κ2) is 7.73. The van der Waals surface area contributed by atoms with Crippen molar-refractivity contribution in [3.63, 3.8) is 0 Å². The van der Waals surface area contributed by atoms with Gasteiger partial charge in [0.05, 0.1) is 23.4 Å². The van der Waals surface area contributed by atoms with Crippen LogP contribution in [0.1, 0.15) is 34.0 Å². The third kappa shape index (κ3) is 3.10. The lowest BCUT2D eigenvalue weighted by molar-refractivity contribution is 0.415. The van der Waals surface area contributed by atoms with Gasteiger partial charge in [0.25, 0.3) is 5.56 Å². The molecule has 1 aliphatic carbocycles. The fourth-order valence-electron chi connectivity index (χ4n) is 4.57. The van der Waals surface area contributed by atoms with Gasteiger partial charge in [0.2, 0.25) is 0 Å². The van der Waals surface area contributed by atoms with E-state index in [9.17, 15) is 4.79 Å². The van der Waals surface area contributed by atoms with E-state index in [-0.39, 0.29) is 11.6 Å². The molecule has 0 fully saturated rings. The van der Waals surface area contributed by atoms with Gasteiger partial charge in [0.15, 0.2) is 4.80 Å². The largest absolute Gasteiger partial charge is 0.497 e. The van der Waals surface area contributed by atoms with Crippen LogP contribution in [-0.2, 0) is 6.42 Å². The lowest BCUT2D eigenvalue weighted by Gasteiger charge is -2.30. The molecule has 4 nitrogen and oxygen atoms in total. The summed E-state index contributed by atoms with van der Waals surface area (Å²) in [5.74, 6) is 0.799. The van der Waals surface area contributed by atoms with E-state index in [1.54, 1.807) is 18.4 Å². The van der Waals surface area contributed by atoms with Gasteiger partial charge in [-0.3, -0.25) is 9.36 Å². The van der Waals surface area contributed by atoms with Gasteiger partial charge in [0, 0.05) is 10.4 Å². The van der Waals surface area contributed by atoms with Crippen molar-refractivity contribution >= 4 is 34.4 Å². The third-order valence-corrected chi connectivity index (χ3v) is 8.01. The van der Waals surface area contributed by atoms with E-state index in [1.165, 1.54) is 32.9 Å². The quantitative estimate of drug-likeness (QED) is 0.459. The first-order valence-electron chi connectivity index (χ1n) is 10.5. The molecule has 3 heterocycles. The molecule has 1 unspecified atom stereocenters. The highest BCUT2D eigenvalue weighted by Gasteiger charge is 2.32. The van der Waals surface area contributed by atoms with Crippen LogP contribution in [0.25, 0.3) is 11.8 Å². The van der Waals surface area contributed by atoms with E-state index in [0.717, 1.165) is 34.7 Å². The molecule has 1 atom stereocenters. The van der Waals surface area contributed by atoms with Gasteiger partial charge in [-0.25, -0.2) is 4.99 Å². The maximum Gasteiger partial charge on any atom is 0.271 e. The Morgan fingerprint density at radius 1 is 1.06 bits per heavy atom. The SMILES string of the molecule is COc1ccc(C=c2sc3n(c2=O)C(c2cccs2)C2=C(N=3)c3ccccc3CC2)cc1. The molecule has 0 saturated carbocycles. The number of nitrogens with zero attached hydrogens (tertiary/aromatic N) is 2. The molecule has 0 radical (unpaired) electrons. The Hall–Kier alpha value is -3.22.